The lowest BCUT2D eigenvalue weighted by atomic mass is 10.2. The van der Waals surface area contributed by atoms with Crippen molar-refractivity contribution in [2.45, 2.75) is 31.2 Å². The fourth-order valence-corrected chi connectivity index (χ4v) is 1.31. The van der Waals surface area contributed by atoms with E-state index in [0.717, 1.165) is 13.1 Å². The minimum atomic E-state index is -5.63. The number of alkyl halides is 3. The third-order valence-electron chi connectivity index (χ3n) is 1.83. The lowest BCUT2D eigenvalue weighted by molar-refractivity contribution is -0.00631. The van der Waals surface area contributed by atoms with Gasteiger partial charge in [-0.1, -0.05) is 25.5 Å². The summed E-state index contributed by atoms with van der Waals surface area (Å²) in [5.74, 6) is 0. The van der Waals surface area contributed by atoms with Gasteiger partial charge in [0, 0.05) is 13.1 Å². The second kappa shape index (κ2) is 9.99. The predicted octanol–water partition coefficient (Wildman–Crippen LogP) is 2.55. The highest BCUT2D eigenvalue weighted by Crippen LogP contribution is 2.29. The summed E-state index contributed by atoms with van der Waals surface area (Å²) in [5, 5.41) is -1.64. The topological polar surface area (TPSA) is 66.4 Å². The summed E-state index contributed by atoms with van der Waals surface area (Å²) < 4.78 is 64.8. The van der Waals surface area contributed by atoms with Gasteiger partial charge in [0.15, 0.2) is 6.17 Å². The zero-order valence-electron chi connectivity index (χ0n) is 10.8. The minimum Gasteiger partial charge on any atom is -0.310 e. The molecule has 0 saturated carbocycles. The maximum atomic E-state index is 12.4. The summed E-state index contributed by atoms with van der Waals surface area (Å²) in [7, 11) is -5.63. The molecule has 19 heavy (non-hydrogen) atoms. The molecule has 0 bridgehead atoms. The van der Waals surface area contributed by atoms with Crippen LogP contribution in [0.1, 0.15) is 19.8 Å². The zero-order chi connectivity index (χ0) is 15.5. The normalized spacial score (nSPS) is 13.1. The Bertz CT molecular complexity index is 350. The van der Waals surface area contributed by atoms with E-state index in [0.29, 0.717) is 0 Å². The van der Waals surface area contributed by atoms with Gasteiger partial charge in [0.25, 0.3) is 0 Å². The Morgan fingerprint density at radius 3 is 2.00 bits per heavy atom. The maximum Gasteiger partial charge on any atom is 0.400 e. The fourth-order valence-electron chi connectivity index (χ4n) is 0.871. The molecule has 0 fully saturated rings. The van der Waals surface area contributed by atoms with Crippen LogP contribution in [0.5, 0.6) is 0 Å². The zero-order valence-corrected chi connectivity index (χ0v) is 11.6. The molecule has 0 heterocycles. The molecule has 0 aromatic rings. The average Bonchev–Trinajstić information content (AvgIpc) is 2.29. The SMILES string of the molecule is C=CCNCC=C.CCCC(F)C(F)(F)S(=O)(=O)O. The molecule has 8 heteroatoms. The van der Waals surface area contributed by atoms with Crippen molar-refractivity contribution < 1.29 is 26.1 Å². The number of nitrogens with one attached hydrogen (secondary N) is 1. The summed E-state index contributed by atoms with van der Waals surface area (Å²) in [4.78, 5) is 0. The number of rotatable bonds is 8. The van der Waals surface area contributed by atoms with Crippen LogP contribution in [-0.2, 0) is 10.1 Å². The van der Waals surface area contributed by atoms with E-state index in [-0.39, 0.29) is 6.42 Å². The highest BCUT2D eigenvalue weighted by Gasteiger charge is 2.51. The van der Waals surface area contributed by atoms with E-state index in [1.165, 1.54) is 6.92 Å². The quantitative estimate of drug-likeness (QED) is 0.411. The van der Waals surface area contributed by atoms with Crippen LogP contribution in [0.4, 0.5) is 13.2 Å². The van der Waals surface area contributed by atoms with Crippen LogP contribution in [0.3, 0.4) is 0 Å². The van der Waals surface area contributed by atoms with Crippen LogP contribution >= 0.6 is 0 Å². The number of halogens is 3. The van der Waals surface area contributed by atoms with Crippen LogP contribution in [0.15, 0.2) is 25.3 Å². The molecule has 0 aliphatic rings. The Balaban J connectivity index is 0. The number of hydrogen-bond acceptors (Lipinski definition) is 3. The Morgan fingerprint density at radius 2 is 1.74 bits per heavy atom. The van der Waals surface area contributed by atoms with E-state index in [9.17, 15) is 21.6 Å². The van der Waals surface area contributed by atoms with E-state index < -0.39 is 28.0 Å². The Morgan fingerprint density at radius 1 is 1.32 bits per heavy atom. The van der Waals surface area contributed by atoms with Crippen molar-refractivity contribution in [3.05, 3.63) is 25.3 Å². The van der Waals surface area contributed by atoms with Crippen LogP contribution < -0.4 is 5.32 Å². The van der Waals surface area contributed by atoms with Crippen LogP contribution in [0, 0.1) is 0 Å². The number of hydrogen-bond donors (Lipinski definition) is 2. The third-order valence-corrected chi connectivity index (χ3v) is 2.77. The van der Waals surface area contributed by atoms with E-state index in [4.69, 9.17) is 4.55 Å². The van der Waals surface area contributed by atoms with Crippen molar-refractivity contribution in [2.24, 2.45) is 0 Å². The molecule has 4 nitrogen and oxygen atoms in total. The van der Waals surface area contributed by atoms with Crippen molar-refractivity contribution in [1.29, 1.82) is 0 Å². The maximum absolute atomic E-state index is 12.4. The summed E-state index contributed by atoms with van der Waals surface area (Å²) in [6.45, 7) is 10.2. The summed E-state index contributed by atoms with van der Waals surface area (Å²) >= 11 is 0. The second-order valence-corrected chi connectivity index (χ2v) is 5.02. The standard InChI is InChI=1S/C6H11N.C5H9F3O3S/c1-3-5-7-6-4-2;1-2-3-4(6)5(7,8)12(9,10)11/h3-4,7H,1-2,5-6H2;4H,2-3H2,1H3,(H,9,10,11). The van der Waals surface area contributed by atoms with Gasteiger partial charge in [0.05, 0.1) is 0 Å². The molecular weight excluding hydrogens is 283 g/mol. The van der Waals surface area contributed by atoms with Crippen LogP contribution in [-0.4, -0.2) is 37.5 Å². The van der Waals surface area contributed by atoms with Crippen LogP contribution in [0.25, 0.3) is 0 Å². The monoisotopic (exact) mass is 303 g/mol. The molecule has 1 unspecified atom stereocenters. The predicted molar refractivity (Wildman–Crippen MR) is 69.6 cm³/mol. The molecule has 0 radical (unpaired) electrons. The fraction of sp³-hybridized carbons (Fsp3) is 0.636. The first-order valence-electron chi connectivity index (χ1n) is 5.56. The van der Waals surface area contributed by atoms with E-state index >= 15 is 0 Å². The van der Waals surface area contributed by atoms with Crippen molar-refractivity contribution in [3.8, 4) is 0 Å². The van der Waals surface area contributed by atoms with Gasteiger partial charge in [0.2, 0.25) is 0 Å². The molecule has 0 aromatic carbocycles. The molecule has 0 amide bonds. The Kier molecular flexibility index (Phi) is 10.8. The van der Waals surface area contributed by atoms with Gasteiger partial charge >= 0.3 is 15.4 Å². The molecule has 2 N–H and O–H groups in total. The lowest BCUT2D eigenvalue weighted by Gasteiger charge is -2.16. The molecule has 0 saturated heterocycles. The second-order valence-electron chi connectivity index (χ2n) is 3.53. The first-order valence-corrected chi connectivity index (χ1v) is 7.00. The highest BCUT2D eigenvalue weighted by atomic mass is 32.2. The molecule has 1 atom stereocenters. The summed E-state index contributed by atoms with van der Waals surface area (Å²) in [6.07, 6.45) is 0.268. The Labute approximate surface area is 112 Å². The van der Waals surface area contributed by atoms with Gasteiger partial charge in [-0.05, 0) is 6.42 Å². The summed E-state index contributed by atoms with van der Waals surface area (Å²) in [5.41, 5.74) is 0. The van der Waals surface area contributed by atoms with E-state index in [1.54, 1.807) is 0 Å². The molecule has 0 aliphatic heterocycles. The van der Waals surface area contributed by atoms with Crippen molar-refractivity contribution in [3.63, 3.8) is 0 Å². The first-order chi connectivity index (χ1) is 8.65. The van der Waals surface area contributed by atoms with Gasteiger partial charge < -0.3 is 5.32 Å². The molecule has 0 rings (SSSR count). The van der Waals surface area contributed by atoms with Gasteiger partial charge in [0.1, 0.15) is 0 Å². The van der Waals surface area contributed by atoms with Crippen molar-refractivity contribution >= 4 is 10.1 Å². The summed E-state index contributed by atoms with van der Waals surface area (Å²) in [6, 6.07) is 0. The molecular formula is C11H20F3NO3S. The third kappa shape index (κ3) is 8.79. The van der Waals surface area contributed by atoms with Gasteiger partial charge in [-0.3, -0.25) is 4.55 Å². The van der Waals surface area contributed by atoms with Crippen LogP contribution in [0.2, 0.25) is 0 Å². The molecule has 114 valence electrons. The average molecular weight is 303 g/mol. The van der Waals surface area contributed by atoms with Crippen molar-refractivity contribution in [1.82, 2.24) is 5.32 Å². The highest BCUT2D eigenvalue weighted by molar-refractivity contribution is 7.86. The lowest BCUT2D eigenvalue weighted by Crippen LogP contribution is -2.38. The first kappa shape index (κ1) is 20.5. The molecule has 0 aromatic heterocycles. The molecule has 0 spiro atoms. The van der Waals surface area contributed by atoms with Gasteiger partial charge in [-0.25, -0.2) is 4.39 Å². The van der Waals surface area contributed by atoms with E-state index in [2.05, 4.69) is 18.5 Å². The smallest absolute Gasteiger partial charge is 0.310 e. The van der Waals surface area contributed by atoms with Gasteiger partial charge in [-0.2, -0.15) is 17.2 Å². The van der Waals surface area contributed by atoms with Gasteiger partial charge in [-0.15, -0.1) is 13.2 Å². The van der Waals surface area contributed by atoms with Crippen molar-refractivity contribution in [2.75, 3.05) is 13.1 Å². The Hall–Kier alpha value is -0.860. The van der Waals surface area contributed by atoms with E-state index in [1.807, 2.05) is 12.2 Å². The minimum absolute atomic E-state index is 0.0757. The molecule has 0 aliphatic carbocycles. The largest absolute Gasteiger partial charge is 0.400 e.